The number of carbonyl (C=O) groups excluding carboxylic acids is 1. The van der Waals surface area contributed by atoms with Gasteiger partial charge in [0.1, 0.15) is 5.69 Å². The van der Waals surface area contributed by atoms with E-state index in [2.05, 4.69) is 10.3 Å². The number of rotatable bonds is 4. The van der Waals surface area contributed by atoms with E-state index in [0.717, 1.165) is 17.7 Å². The van der Waals surface area contributed by atoms with Crippen LogP contribution >= 0.6 is 0 Å². The zero-order valence-electron chi connectivity index (χ0n) is 12.5. The molecule has 0 aliphatic rings. The largest absolute Gasteiger partial charge is 0.357 e. The lowest BCUT2D eigenvalue weighted by molar-refractivity contribution is 0.102. The molecular weight excluding hydrogens is 288 g/mol. The van der Waals surface area contributed by atoms with Crippen LogP contribution in [0.5, 0.6) is 0 Å². The molecule has 1 amide bonds. The average molecular weight is 304 g/mol. The van der Waals surface area contributed by atoms with Gasteiger partial charge in [-0.25, -0.2) is 0 Å². The maximum absolute atomic E-state index is 12.3. The molecule has 4 heteroatoms. The molecule has 0 atom stereocenters. The van der Waals surface area contributed by atoms with Crippen LogP contribution in [0.15, 0.2) is 77.7 Å². The second-order valence-electron chi connectivity index (χ2n) is 5.21. The number of pyridine rings is 1. The molecule has 2 N–H and O–H groups in total. The molecule has 0 bridgehead atoms. The highest BCUT2D eigenvalue weighted by Crippen LogP contribution is 2.19. The summed E-state index contributed by atoms with van der Waals surface area (Å²) in [7, 11) is 0. The van der Waals surface area contributed by atoms with Crippen molar-refractivity contribution in [1.29, 1.82) is 0 Å². The van der Waals surface area contributed by atoms with E-state index in [-0.39, 0.29) is 17.0 Å². The van der Waals surface area contributed by atoms with Crippen LogP contribution in [0, 0.1) is 0 Å². The zero-order valence-corrected chi connectivity index (χ0v) is 12.5. The summed E-state index contributed by atoms with van der Waals surface area (Å²) < 4.78 is 0. The second kappa shape index (κ2) is 6.75. The highest BCUT2D eigenvalue weighted by atomic mass is 16.2. The Balaban J connectivity index is 1.83. The first kappa shape index (κ1) is 14.8. The average Bonchev–Trinajstić information content (AvgIpc) is 2.57. The number of para-hydroxylation sites is 1. The minimum atomic E-state index is -0.330. The maximum Gasteiger partial charge on any atom is 0.272 e. The Morgan fingerprint density at radius 3 is 2.48 bits per heavy atom. The third-order valence-electron chi connectivity index (χ3n) is 3.52. The quantitative estimate of drug-likeness (QED) is 0.777. The van der Waals surface area contributed by atoms with Gasteiger partial charge in [0.2, 0.25) is 0 Å². The van der Waals surface area contributed by atoms with Crippen LogP contribution in [-0.2, 0) is 6.42 Å². The molecule has 114 valence electrons. The molecule has 0 spiro atoms. The molecule has 3 aromatic rings. The molecule has 0 aliphatic heterocycles. The first-order chi connectivity index (χ1) is 11.2. The Labute approximate surface area is 133 Å². The number of nitrogens with one attached hydrogen (secondary N) is 2. The van der Waals surface area contributed by atoms with E-state index in [9.17, 15) is 9.59 Å². The first-order valence-electron chi connectivity index (χ1n) is 7.34. The van der Waals surface area contributed by atoms with Gasteiger partial charge in [-0.1, -0.05) is 48.5 Å². The van der Waals surface area contributed by atoms with E-state index in [1.165, 1.54) is 23.9 Å². The van der Waals surface area contributed by atoms with Crippen molar-refractivity contribution in [1.82, 2.24) is 4.98 Å². The summed E-state index contributed by atoms with van der Waals surface area (Å²) in [6.07, 6.45) is 2.19. The number of aromatic nitrogens is 1. The number of amides is 1. The van der Waals surface area contributed by atoms with E-state index < -0.39 is 0 Å². The fraction of sp³-hybridized carbons (Fsp3) is 0.0526. The monoisotopic (exact) mass is 304 g/mol. The van der Waals surface area contributed by atoms with Gasteiger partial charge in [0, 0.05) is 24.0 Å². The molecule has 1 heterocycles. The summed E-state index contributed by atoms with van der Waals surface area (Å²) >= 11 is 0. The van der Waals surface area contributed by atoms with Crippen LogP contribution in [0.4, 0.5) is 5.69 Å². The molecule has 4 nitrogen and oxygen atoms in total. The van der Waals surface area contributed by atoms with Crippen molar-refractivity contribution in [3.8, 4) is 0 Å². The fourth-order valence-electron chi connectivity index (χ4n) is 2.38. The van der Waals surface area contributed by atoms with Gasteiger partial charge in [-0.3, -0.25) is 9.59 Å². The summed E-state index contributed by atoms with van der Waals surface area (Å²) in [5.41, 5.74) is 2.97. The number of hydrogen-bond donors (Lipinski definition) is 2. The summed E-state index contributed by atoms with van der Waals surface area (Å²) in [6.45, 7) is 0. The molecule has 1 aromatic heterocycles. The summed E-state index contributed by atoms with van der Waals surface area (Å²) in [4.78, 5) is 26.4. The number of benzene rings is 2. The lowest BCUT2D eigenvalue weighted by Crippen LogP contribution is -2.17. The van der Waals surface area contributed by atoms with Crippen molar-refractivity contribution in [2.45, 2.75) is 6.42 Å². The van der Waals surface area contributed by atoms with Crippen molar-refractivity contribution in [2.75, 3.05) is 5.32 Å². The summed E-state index contributed by atoms with van der Waals surface area (Å²) in [5, 5.41) is 2.87. The number of aromatic amines is 1. The highest BCUT2D eigenvalue weighted by Gasteiger charge is 2.10. The number of H-pyrrole nitrogens is 1. The Hall–Kier alpha value is -3.14. The van der Waals surface area contributed by atoms with Crippen LogP contribution in [0.1, 0.15) is 21.6 Å². The third-order valence-corrected chi connectivity index (χ3v) is 3.52. The summed E-state index contributed by atoms with van der Waals surface area (Å²) in [6, 6.07) is 20.4. The van der Waals surface area contributed by atoms with Gasteiger partial charge < -0.3 is 10.3 Å². The van der Waals surface area contributed by atoms with Gasteiger partial charge in [-0.05, 0) is 23.6 Å². The Morgan fingerprint density at radius 1 is 0.957 bits per heavy atom. The van der Waals surface area contributed by atoms with Gasteiger partial charge in [0.05, 0.1) is 0 Å². The van der Waals surface area contributed by atoms with E-state index in [1.54, 1.807) is 0 Å². The van der Waals surface area contributed by atoms with Crippen LogP contribution in [0.3, 0.4) is 0 Å². The van der Waals surface area contributed by atoms with Gasteiger partial charge in [-0.2, -0.15) is 0 Å². The molecule has 0 saturated carbocycles. The molecule has 0 unspecified atom stereocenters. The normalized spacial score (nSPS) is 10.3. The van der Waals surface area contributed by atoms with Gasteiger partial charge in [-0.15, -0.1) is 0 Å². The molecule has 0 radical (unpaired) electrons. The smallest absolute Gasteiger partial charge is 0.272 e. The van der Waals surface area contributed by atoms with Crippen molar-refractivity contribution in [2.24, 2.45) is 0 Å². The van der Waals surface area contributed by atoms with E-state index in [0.29, 0.717) is 0 Å². The summed E-state index contributed by atoms with van der Waals surface area (Å²) in [5.74, 6) is -0.330. The molecule has 23 heavy (non-hydrogen) atoms. The number of carbonyl (C=O) groups is 1. The van der Waals surface area contributed by atoms with E-state index in [1.807, 2.05) is 54.6 Å². The predicted molar refractivity (Wildman–Crippen MR) is 90.7 cm³/mol. The number of anilines is 1. The van der Waals surface area contributed by atoms with Gasteiger partial charge in [0.25, 0.3) is 5.91 Å². The second-order valence-corrected chi connectivity index (χ2v) is 5.21. The molecule has 3 rings (SSSR count). The Morgan fingerprint density at radius 2 is 1.70 bits per heavy atom. The lowest BCUT2D eigenvalue weighted by atomic mass is 10.0. The fourth-order valence-corrected chi connectivity index (χ4v) is 2.38. The standard InChI is InChI=1S/C19H16N2O2/c22-16-10-11-20-18(13-16)19(23)21-17-9-5-4-8-15(17)12-14-6-2-1-3-7-14/h1-11,13H,12H2,(H,20,22)(H,21,23). The predicted octanol–water partition coefficient (Wildman–Crippen LogP) is 3.22. The van der Waals surface area contributed by atoms with Crippen LogP contribution in [0.2, 0.25) is 0 Å². The SMILES string of the molecule is O=C(Nc1ccccc1Cc1ccccc1)c1cc(=O)cc[nH]1. The van der Waals surface area contributed by atoms with E-state index >= 15 is 0 Å². The van der Waals surface area contributed by atoms with Crippen molar-refractivity contribution in [3.05, 3.63) is 100.0 Å². The maximum atomic E-state index is 12.3. The highest BCUT2D eigenvalue weighted by molar-refractivity contribution is 6.03. The Bertz CT molecular complexity index is 870. The molecule has 2 aromatic carbocycles. The zero-order chi connectivity index (χ0) is 16.1. The lowest BCUT2D eigenvalue weighted by Gasteiger charge is -2.11. The molecule has 0 fully saturated rings. The first-order valence-corrected chi connectivity index (χ1v) is 7.34. The van der Waals surface area contributed by atoms with Crippen LogP contribution in [-0.4, -0.2) is 10.9 Å². The molecule has 0 saturated heterocycles. The molecular formula is C19H16N2O2. The van der Waals surface area contributed by atoms with Crippen molar-refractivity contribution >= 4 is 11.6 Å². The van der Waals surface area contributed by atoms with Gasteiger partial charge in [0.15, 0.2) is 5.43 Å². The minimum Gasteiger partial charge on any atom is -0.357 e. The van der Waals surface area contributed by atoms with Crippen LogP contribution in [0.25, 0.3) is 0 Å². The Kier molecular flexibility index (Phi) is 4.34. The van der Waals surface area contributed by atoms with Gasteiger partial charge >= 0.3 is 0 Å². The van der Waals surface area contributed by atoms with Crippen molar-refractivity contribution in [3.63, 3.8) is 0 Å². The minimum absolute atomic E-state index is 0.202. The number of hydrogen-bond acceptors (Lipinski definition) is 2. The van der Waals surface area contributed by atoms with E-state index in [4.69, 9.17) is 0 Å². The molecule has 0 aliphatic carbocycles. The van der Waals surface area contributed by atoms with Crippen molar-refractivity contribution < 1.29 is 4.79 Å². The topological polar surface area (TPSA) is 62.0 Å². The third kappa shape index (κ3) is 3.74. The van der Waals surface area contributed by atoms with Crippen LogP contribution < -0.4 is 10.7 Å².